The third-order valence-electron chi connectivity index (χ3n) is 3.69. The first-order valence-electron chi connectivity index (χ1n) is 7.24. The standard InChI is InChI=1S/C17H18F2O3S/c1-2-17(13-5-9-15(19)10-6-13)23(21,22)11-16(20)12-3-7-14(18)8-4-12/h3-10,16-17,20H,2,11H2,1H3. The molecule has 0 heterocycles. The molecule has 0 aromatic heterocycles. The molecule has 0 aliphatic heterocycles. The SMILES string of the molecule is CCC(c1ccc(F)cc1)S(=O)(=O)CC(O)c1ccc(F)cc1. The zero-order valence-electron chi connectivity index (χ0n) is 12.6. The first kappa shape index (κ1) is 17.6. The van der Waals surface area contributed by atoms with Crippen LogP contribution in [0.15, 0.2) is 48.5 Å². The molecule has 6 heteroatoms. The Bertz CT molecular complexity index is 740. The molecule has 0 amide bonds. The second-order valence-corrected chi connectivity index (χ2v) is 7.57. The Labute approximate surface area is 134 Å². The van der Waals surface area contributed by atoms with Gasteiger partial charge in [-0.15, -0.1) is 0 Å². The van der Waals surface area contributed by atoms with Crippen LogP contribution in [-0.2, 0) is 9.84 Å². The predicted molar refractivity (Wildman–Crippen MR) is 84.6 cm³/mol. The van der Waals surface area contributed by atoms with E-state index in [0.717, 1.165) is 0 Å². The summed E-state index contributed by atoms with van der Waals surface area (Å²) < 4.78 is 51.0. The summed E-state index contributed by atoms with van der Waals surface area (Å²) in [5.41, 5.74) is 0.823. The zero-order valence-corrected chi connectivity index (χ0v) is 13.4. The van der Waals surface area contributed by atoms with Gasteiger partial charge in [-0.25, -0.2) is 17.2 Å². The van der Waals surface area contributed by atoms with E-state index >= 15 is 0 Å². The summed E-state index contributed by atoms with van der Waals surface area (Å²) in [7, 11) is -3.66. The summed E-state index contributed by atoms with van der Waals surface area (Å²) in [5, 5.41) is 9.30. The van der Waals surface area contributed by atoms with Crippen LogP contribution in [0, 0.1) is 11.6 Å². The monoisotopic (exact) mass is 340 g/mol. The molecular weight excluding hydrogens is 322 g/mol. The van der Waals surface area contributed by atoms with Gasteiger partial charge in [0.1, 0.15) is 11.6 Å². The molecule has 0 saturated carbocycles. The Morgan fingerprint density at radius 3 is 1.78 bits per heavy atom. The molecule has 2 unspecified atom stereocenters. The molecule has 23 heavy (non-hydrogen) atoms. The summed E-state index contributed by atoms with van der Waals surface area (Å²) in [6.07, 6.45) is -0.931. The van der Waals surface area contributed by atoms with Crippen molar-refractivity contribution in [1.82, 2.24) is 0 Å². The Morgan fingerprint density at radius 2 is 1.35 bits per heavy atom. The minimum atomic E-state index is -3.66. The molecule has 2 atom stereocenters. The van der Waals surface area contributed by atoms with Gasteiger partial charge in [0, 0.05) is 0 Å². The predicted octanol–water partition coefficient (Wildman–Crippen LogP) is 3.56. The highest BCUT2D eigenvalue weighted by Crippen LogP contribution is 2.29. The molecule has 124 valence electrons. The van der Waals surface area contributed by atoms with E-state index in [1.807, 2.05) is 0 Å². The zero-order chi connectivity index (χ0) is 17.0. The quantitative estimate of drug-likeness (QED) is 0.875. The maximum absolute atomic E-state index is 13.0. The number of sulfone groups is 1. The molecule has 0 radical (unpaired) electrons. The number of hydrogen-bond acceptors (Lipinski definition) is 3. The van der Waals surface area contributed by atoms with Crippen molar-refractivity contribution >= 4 is 9.84 Å². The van der Waals surface area contributed by atoms with Gasteiger partial charge in [-0.05, 0) is 41.8 Å². The van der Waals surface area contributed by atoms with Crippen LogP contribution < -0.4 is 0 Å². The van der Waals surface area contributed by atoms with Gasteiger partial charge in [0.15, 0.2) is 9.84 Å². The normalized spacial score (nSPS) is 14.4. The number of aliphatic hydroxyl groups excluding tert-OH is 1. The number of halogens is 2. The van der Waals surface area contributed by atoms with E-state index in [1.54, 1.807) is 6.92 Å². The second kappa shape index (κ2) is 7.19. The van der Waals surface area contributed by atoms with Gasteiger partial charge in [-0.2, -0.15) is 0 Å². The molecule has 2 aromatic carbocycles. The summed E-state index contributed by atoms with van der Waals surface area (Å²) in [5.74, 6) is -1.37. The van der Waals surface area contributed by atoms with Crippen molar-refractivity contribution in [3.05, 3.63) is 71.3 Å². The number of hydrogen-bond donors (Lipinski definition) is 1. The Kier molecular flexibility index (Phi) is 5.49. The smallest absolute Gasteiger partial charge is 0.160 e. The van der Waals surface area contributed by atoms with Crippen LogP contribution in [0.1, 0.15) is 35.8 Å². The van der Waals surface area contributed by atoms with Crippen LogP contribution >= 0.6 is 0 Å². The lowest BCUT2D eigenvalue weighted by atomic mass is 10.1. The van der Waals surface area contributed by atoms with Crippen molar-refractivity contribution in [3.8, 4) is 0 Å². The largest absolute Gasteiger partial charge is 0.387 e. The van der Waals surface area contributed by atoms with E-state index in [2.05, 4.69) is 0 Å². The van der Waals surface area contributed by atoms with E-state index in [0.29, 0.717) is 17.5 Å². The molecule has 0 saturated heterocycles. The van der Waals surface area contributed by atoms with Gasteiger partial charge in [0.2, 0.25) is 0 Å². The molecular formula is C17H18F2O3S. The minimum absolute atomic E-state index is 0.310. The third kappa shape index (κ3) is 4.36. The lowest BCUT2D eigenvalue weighted by Crippen LogP contribution is -2.21. The van der Waals surface area contributed by atoms with E-state index in [1.165, 1.54) is 48.5 Å². The first-order chi connectivity index (χ1) is 10.8. The van der Waals surface area contributed by atoms with E-state index in [-0.39, 0.29) is 0 Å². The Hall–Kier alpha value is -1.79. The highest BCUT2D eigenvalue weighted by atomic mass is 32.2. The van der Waals surface area contributed by atoms with Gasteiger partial charge in [0.05, 0.1) is 17.1 Å². The lowest BCUT2D eigenvalue weighted by Gasteiger charge is -2.19. The van der Waals surface area contributed by atoms with Crippen LogP contribution in [0.2, 0.25) is 0 Å². The number of rotatable bonds is 6. The molecule has 0 bridgehead atoms. The van der Waals surface area contributed by atoms with E-state index in [4.69, 9.17) is 0 Å². The van der Waals surface area contributed by atoms with Crippen LogP contribution in [0.25, 0.3) is 0 Å². The maximum Gasteiger partial charge on any atom is 0.160 e. The van der Waals surface area contributed by atoms with Gasteiger partial charge in [-0.3, -0.25) is 0 Å². The number of aliphatic hydroxyl groups is 1. The summed E-state index contributed by atoms with van der Waals surface area (Å²) >= 11 is 0. The molecule has 3 nitrogen and oxygen atoms in total. The first-order valence-corrected chi connectivity index (χ1v) is 8.95. The fourth-order valence-electron chi connectivity index (χ4n) is 2.49. The number of benzene rings is 2. The lowest BCUT2D eigenvalue weighted by molar-refractivity contribution is 0.201. The highest BCUT2D eigenvalue weighted by molar-refractivity contribution is 7.91. The average Bonchev–Trinajstić information content (AvgIpc) is 2.49. The second-order valence-electron chi connectivity index (χ2n) is 5.35. The van der Waals surface area contributed by atoms with Crippen molar-refractivity contribution < 1.29 is 22.3 Å². The summed E-state index contributed by atoms with van der Waals surface area (Å²) in [4.78, 5) is 0. The van der Waals surface area contributed by atoms with Gasteiger partial charge < -0.3 is 5.11 Å². The van der Waals surface area contributed by atoms with Crippen LogP contribution in [0.3, 0.4) is 0 Å². The van der Waals surface area contributed by atoms with E-state index in [9.17, 15) is 22.3 Å². The Balaban J connectivity index is 2.21. The summed E-state index contributed by atoms with van der Waals surface area (Å²) in [6.45, 7) is 1.72. The van der Waals surface area contributed by atoms with Crippen molar-refractivity contribution in [2.24, 2.45) is 0 Å². The molecule has 0 fully saturated rings. The molecule has 0 aliphatic rings. The van der Waals surface area contributed by atoms with Crippen molar-refractivity contribution in [3.63, 3.8) is 0 Å². The van der Waals surface area contributed by atoms with Crippen LogP contribution in [0.4, 0.5) is 8.78 Å². The molecule has 0 aliphatic carbocycles. The molecule has 2 rings (SSSR count). The minimum Gasteiger partial charge on any atom is -0.387 e. The van der Waals surface area contributed by atoms with Crippen LogP contribution in [-0.4, -0.2) is 19.3 Å². The van der Waals surface area contributed by atoms with E-state index < -0.39 is 38.6 Å². The molecule has 0 spiro atoms. The molecule has 2 aromatic rings. The van der Waals surface area contributed by atoms with Crippen molar-refractivity contribution in [2.45, 2.75) is 24.7 Å². The fourth-order valence-corrected chi connectivity index (χ4v) is 4.44. The third-order valence-corrected chi connectivity index (χ3v) is 5.94. The average molecular weight is 340 g/mol. The topological polar surface area (TPSA) is 54.4 Å². The highest BCUT2D eigenvalue weighted by Gasteiger charge is 2.28. The van der Waals surface area contributed by atoms with Gasteiger partial charge in [-0.1, -0.05) is 31.2 Å². The van der Waals surface area contributed by atoms with Gasteiger partial charge in [0.25, 0.3) is 0 Å². The van der Waals surface area contributed by atoms with Gasteiger partial charge >= 0.3 is 0 Å². The molecule has 1 N–H and O–H groups in total. The fraction of sp³-hybridized carbons (Fsp3) is 0.294. The van der Waals surface area contributed by atoms with Crippen molar-refractivity contribution in [1.29, 1.82) is 0 Å². The van der Waals surface area contributed by atoms with Crippen LogP contribution in [0.5, 0.6) is 0 Å². The summed E-state index contributed by atoms with van der Waals surface area (Å²) in [6, 6.07) is 10.3. The van der Waals surface area contributed by atoms with Crippen molar-refractivity contribution in [2.75, 3.05) is 5.75 Å². The maximum atomic E-state index is 13.0. The Morgan fingerprint density at radius 1 is 0.913 bits per heavy atom.